The number of allylic oxidation sites excluding steroid dienone is 6. The van der Waals surface area contributed by atoms with E-state index in [1.54, 1.807) is 30.8 Å². The van der Waals surface area contributed by atoms with Crippen molar-refractivity contribution >= 4 is 53.3 Å². The second kappa shape index (κ2) is 18.2. The largest absolute Gasteiger partial charge is 0.504 e. The van der Waals surface area contributed by atoms with Gasteiger partial charge in [0.05, 0.1) is 19.5 Å². The fourth-order valence-corrected chi connectivity index (χ4v) is 12.1. The number of piperidine rings is 2. The molecule has 62 heavy (non-hydrogen) atoms. The first kappa shape index (κ1) is 44.8. The molecule has 2 aromatic rings. The second-order valence-corrected chi connectivity index (χ2v) is 18.1. The van der Waals surface area contributed by atoms with Gasteiger partial charge in [0.25, 0.3) is 0 Å². The number of thioether (sulfide) groups is 1. The number of hydrogen-bond acceptors (Lipinski definition) is 12. The number of benzene rings is 2. The summed E-state index contributed by atoms with van der Waals surface area (Å²) in [5, 5.41) is 34.9. The number of aromatic hydroxyl groups is 2. The van der Waals surface area contributed by atoms with Gasteiger partial charge >= 0.3 is 0 Å². The summed E-state index contributed by atoms with van der Waals surface area (Å²) in [4.78, 5) is 43.1. The van der Waals surface area contributed by atoms with E-state index in [9.17, 15) is 29.7 Å². The molecule has 2 heterocycles. The number of Topliss-reactive ketones (excluding diaryl/α,β-unsaturated/α-hetero) is 2. The number of aliphatic hydroxyl groups excluding tert-OH is 1. The molecule has 13 heteroatoms. The first-order valence-corrected chi connectivity index (χ1v) is 21.9. The van der Waals surface area contributed by atoms with Gasteiger partial charge in [-0.3, -0.25) is 19.3 Å². The van der Waals surface area contributed by atoms with Crippen molar-refractivity contribution in [2.75, 3.05) is 41.4 Å². The van der Waals surface area contributed by atoms with Crippen LogP contribution in [-0.4, -0.2) is 96.0 Å². The number of aliphatic hydroxyl groups is 1. The third-order valence-corrected chi connectivity index (χ3v) is 14.9. The van der Waals surface area contributed by atoms with Gasteiger partial charge in [-0.15, -0.1) is 11.8 Å². The van der Waals surface area contributed by atoms with Gasteiger partial charge in [-0.2, -0.15) is 0 Å². The number of hydrogen-bond donors (Lipinski definition) is 4. The molecule has 7 aliphatic rings. The van der Waals surface area contributed by atoms with Crippen LogP contribution in [0.1, 0.15) is 49.0 Å². The Labute approximate surface area is 377 Å². The number of ketones is 3. The molecule has 0 saturated carbocycles. The summed E-state index contributed by atoms with van der Waals surface area (Å²) in [5.74, 6) is 12.4. The number of carbonyl (C=O) groups excluding carboxylic acids is 3. The Kier molecular flexibility index (Phi) is 13.2. The van der Waals surface area contributed by atoms with Crippen LogP contribution in [0.4, 0.5) is 0 Å². The molecule has 2 fully saturated rings. The van der Waals surface area contributed by atoms with Gasteiger partial charge in [0, 0.05) is 68.6 Å². The normalized spacial score (nSPS) is 28.8. The molecule has 0 aromatic heterocycles. The minimum atomic E-state index is -0.550. The minimum absolute atomic E-state index is 0.00587. The number of likely N-dealkylation sites (N-methyl/N-ethyl adjacent to an activating group) is 2. The highest BCUT2D eigenvalue weighted by Gasteiger charge is 2.60. The van der Waals surface area contributed by atoms with Crippen LogP contribution in [0.2, 0.25) is 5.02 Å². The number of thiol groups is 1. The number of ether oxygens (including phenoxy) is 2. The predicted octanol–water partition coefficient (Wildman–Crippen LogP) is 7.25. The standard InChI is InChI=1S/C24H24ClNO4S.C18H19NO4.C7H4S/c1-26-10-9-24-12-18(28)19(30-2)11-16(24)21(26)23(31-14-5-3-13(25)4-6-14)15-7-8-17(27)22(29)20(15)24;1-19-6-5-18-9-14(21)15(23-2)8-11(18)12(19)7-10-3-4-13(20)17(22)16(10)18;1-2-3-4-5-6-7-8/h3-8,11,16,21,23,27,29H,9-10,12H2,1-2H3;3-4,7-8,11-12,22H,5-6,9H2,1-2H3;8H,1H3/t16?,21-,23-,24-;11?,12-,18+;/m10./s1. The van der Waals surface area contributed by atoms with Gasteiger partial charge in [0.15, 0.2) is 40.3 Å². The molecule has 0 radical (unpaired) electrons. The summed E-state index contributed by atoms with van der Waals surface area (Å²) in [7, 11) is 7.22. The lowest BCUT2D eigenvalue weighted by Gasteiger charge is -2.58. The molecule has 4 bridgehead atoms. The van der Waals surface area contributed by atoms with Gasteiger partial charge in [0.2, 0.25) is 5.78 Å². The molecule has 2 aliphatic heterocycles. The van der Waals surface area contributed by atoms with E-state index in [1.165, 1.54) is 20.3 Å². The van der Waals surface area contributed by atoms with E-state index < -0.39 is 10.8 Å². The molecule has 5 aliphatic carbocycles. The maximum atomic E-state index is 12.9. The maximum absolute atomic E-state index is 12.9. The van der Waals surface area contributed by atoms with Gasteiger partial charge in [-0.25, -0.2) is 0 Å². The third kappa shape index (κ3) is 7.87. The van der Waals surface area contributed by atoms with E-state index >= 15 is 0 Å². The molecular formula is C49H47ClN2O8S2. The van der Waals surface area contributed by atoms with Crippen LogP contribution in [0.3, 0.4) is 0 Å². The lowest BCUT2D eigenvalue weighted by Crippen LogP contribution is -2.61. The summed E-state index contributed by atoms with van der Waals surface area (Å²) in [6.45, 7) is 3.35. The molecule has 0 amide bonds. The molecule has 7 atom stereocenters. The Morgan fingerprint density at radius 3 is 2.10 bits per heavy atom. The Hall–Kier alpha value is -5.26. The molecule has 0 spiro atoms. The van der Waals surface area contributed by atoms with E-state index in [0.717, 1.165) is 42.0 Å². The highest BCUT2D eigenvalue weighted by atomic mass is 35.5. The summed E-state index contributed by atoms with van der Waals surface area (Å²) < 4.78 is 10.7. The van der Waals surface area contributed by atoms with E-state index in [4.69, 9.17) is 21.1 Å². The number of nitrogens with zero attached hydrogens (tertiary/aromatic N) is 2. The Morgan fingerprint density at radius 1 is 0.806 bits per heavy atom. The molecule has 10 nitrogen and oxygen atoms in total. The summed E-state index contributed by atoms with van der Waals surface area (Å²) in [5.41, 5.74) is 2.16. The first-order valence-electron chi connectivity index (χ1n) is 20.1. The molecule has 2 saturated heterocycles. The number of phenols is 2. The molecule has 2 aromatic carbocycles. The summed E-state index contributed by atoms with van der Waals surface area (Å²) in [6.07, 6.45) is 11.1. The van der Waals surface area contributed by atoms with Crippen LogP contribution in [-0.2, 0) is 29.3 Å². The van der Waals surface area contributed by atoms with Crippen molar-refractivity contribution in [2.45, 2.75) is 60.3 Å². The van der Waals surface area contributed by atoms with Crippen molar-refractivity contribution < 1.29 is 39.2 Å². The monoisotopic (exact) mass is 890 g/mol. The number of methoxy groups -OCH3 is 2. The quantitative estimate of drug-likeness (QED) is 0.141. The molecule has 2 unspecified atom stereocenters. The van der Waals surface area contributed by atoms with Crippen molar-refractivity contribution in [3.63, 3.8) is 0 Å². The van der Waals surface area contributed by atoms with Crippen molar-refractivity contribution in [3.8, 4) is 46.4 Å². The predicted molar refractivity (Wildman–Crippen MR) is 242 cm³/mol. The van der Waals surface area contributed by atoms with Crippen LogP contribution < -0.4 is 0 Å². The van der Waals surface area contributed by atoms with E-state index in [0.29, 0.717) is 27.7 Å². The fourth-order valence-electron chi connectivity index (χ4n) is 10.5. The van der Waals surface area contributed by atoms with E-state index in [2.05, 4.69) is 77.5 Å². The second-order valence-electron chi connectivity index (χ2n) is 16.3. The Balaban J connectivity index is 0.000000164. The molecule has 3 N–H and O–H groups in total. The lowest BCUT2D eigenvalue weighted by atomic mass is 9.53. The van der Waals surface area contributed by atoms with Crippen LogP contribution in [0, 0.1) is 52.1 Å². The zero-order valence-electron chi connectivity index (χ0n) is 35.0. The van der Waals surface area contributed by atoms with E-state index in [1.807, 2.05) is 42.5 Å². The summed E-state index contributed by atoms with van der Waals surface area (Å²) >= 11 is 11.4. The minimum Gasteiger partial charge on any atom is -0.504 e. The highest BCUT2D eigenvalue weighted by Crippen LogP contribution is 2.63. The van der Waals surface area contributed by atoms with Gasteiger partial charge < -0.3 is 29.7 Å². The van der Waals surface area contributed by atoms with Crippen molar-refractivity contribution in [3.05, 3.63) is 111 Å². The molecular weight excluding hydrogens is 844 g/mol. The van der Waals surface area contributed by atoms with Crippen molar-refractivity contribution in [1.82, 2.24) is 9.80 Å². The Morgan fingerprint density at radius 2 is 1.44 bits per heavy atom. The van der Waals surface area contributed by atoms with Crippen LogP contribution >= 0.6 is 36.0 Å². The fraction of sp³-hybridized carbons (Fsp3) is 0.367. The van der Waals surface area contributed by atoms with Gasteiger partial charge in [-0.05, 0) is 136 Å². The van der Waals surface area contributed by atoms with Crippen molar-refractivity contribution in [2.24, 2.45) is 17.3 Å². The zero-order valence-corrected chi connectivity index (χ0v) is 37.5. The van der Waals surface area contributed by atoms with Gasteiger partial charge in [-0.1, -0.05) is 48.4 Å². The number of carbonyl (C=O) groups is 3. The maximum Gasteiger partial charge on any atom is 0.220 e. The lowest BCUT2D eigenvalue weighted by molar-refractivity contribution is -0.124. The smallest absolute Gasteiger partial charge is 0.220 e. The number of phenolic OH excluding ortho intramolecular Hbond substituents is 2. The van der Waals surface area contributed by atoms with Crippen LogP contribution in [0.5, 0.6) is 11.5 Å². The third-order valence-electron chi connectivity index (χ3n) is 13.2. The summed E-state index contributed by atoms with van der Waals surface area (Å²) in [6, 6.07) is 11.4. The number of fused-ring (bicyclic) bond motifs is 2. The SMILES string of the molecule is CC#CC#CC#CS.COC1=CC2[C@@H]3C=C4C=CC(=O)C(O)=C4[C@]2(CCN3C)CC1=O.COC1=CC2[C@@H]3[C@H](Sc4ccc(Cl)cc4)c4ccc(O)c(O)c4[C@]2(CCN3C)CC1=O. The van der Waals surface area contributed by atoms with Crippen LogP contribution in [0.25, 0.3) is 0 Å². The first-order chi connectivity index (χ1) is 29.7. The number of likely N-dealkylation sites (tertiary alicyclic amines) is 2. The number of halogens is 1. The average molecular weight is 892 g/mol. The molecule has 9 rings (SSSR count). The highest BCUT2D eigenvalue weighted by molar-refractivity contribution is 7.99. The zero-order chi connectivity index (χ0) is 44.5. The van der Waals surface area contributed by atoms with Crippen molar-refractivity contribution in [1.29, 1.82) is 0 Å². The average Bonchev–Trinajstić information content (AvgIpc) is 3.26. The molecule has 320 valence electrons. The topological polar surface area (TPSA) is 137 Å². The van der Waals surface area contributed by atoms with Crippen LogP contribution in [0.15, 0.2) is 100 Å². The number of rotatable bonds is 4. The van der Waals surface area contributed by atoms with E-state index in [-0.39, 0.29) is 76.6 Å². The Bertz CT molecular complexity index is 2540. The van der Waals surface area contributed by atoms with Gasteiger partial charge in [0.1, 0.15) is 0 Å².